The predicted octanol–water partition coefficient (Wildman–Crippen LogP) is 2.47. The van der Waals surface area contributed by atoms with Crippen LogP contribution in [0, 0.1) is 11.3 Å². The van der Waals surface area contributed by atoms with Crippen LogP contribution < -0.4 is 0 Å². The minimum atomic E-state index is -0.713. The van der Waals surface area contributed by atoms with Gasteiger partial charge in [-0.1, -0.05) is 6.07 Å². The van der Waals surface area contributed by atoms with E-state index in [4.69, 9.17) is 21.6 Å². The lowest BCUT2D eigenvalue weighted by atomic mass is 9.97. The molecule has 0 aromatic heterocycles. The topological polar surface area (TPSA) is 67.2 Å². The van der Waals surface area contributed by atoms with Crippen molar-refractivity contribution in [2.75, 3.05) is 6.61 Å². The van der Waals surface area contributed by atoms with Gasteiger partial charge >= 0.3 is 5.97 Å². The highest BCUT2D eigenvalue weighted by molar-refractivity contribution is 6.33. The smallest absolute Gasteiger partial charge is 0.310 e. The van der Waals surface area contributed by atoms with E-state index in [0.717, 1.165) is 0 Å². The number of ether oxygens (including phenoxy) is 1. The molecule has 1 aromatic rings. The van der Waals surface area contributed by atoms with Gasteiger partial charge in [0.2, 0.25) is 0 Å². The molecule has 1 rings (SSSR count). The van der Waals surface area contributed by atoms with Gasteiger partial charge in [-0.3, -0.25) is 9.59 Å². The monoisotopic (exact) mass is 279 g/mol. The molecule has 100 valence electrons. The first-order chi connectivity index (χ1) is 8.99. The molecule has 0 fully saturated rings. The summed E-state index contributed by atoms with van der Waals surface area (Å²) in [5.74, 6) is -0.721. The summed E-state index contributed by atoms with van der Waals surface area (Å²) in [6.07, 6.45) is -0.00969. The van der Waals surface area contributed by atoms with Crippen LogP contribution in [0.25, 0.3) is 0 Å². The average Bonchev–Trinajstić information content (AvgIpc) is 2.38. The molecule has 4 nitrogen and oxygen atoms in total. The number of ketones is 1. The van der Waals surface area contributed by atoms with Crippen LogP contribution in [0.5, 0.6) is 0 Å². The lowest BCUT2D eigenvalue weighted by Gasteiger charge is -2.10. The molecule has 0 aliphatic heterocycles. The summed E-state index contributed by atoms with van der Waals surface area (Å²) >= 11 is 5.78. The van der Waals surface area contributed by atoms with Crippen LogP contribution in [-0.2, 0) is 16.0 Å². The molecule has 5 heteroatoms. The molecule has 0 saturated carbocycles. The first kappa shape index (κ1) is 15.2. The molecule has 19 heavy (non-hydrogen) atoms. The fourth-order valence-corrected chi connectivity index (χ4v) is 1.73. The summed E-state index contributed by atoms with van der Waals surface area (Å²) in [4.78, 5) is 23.5. The normalized spacial score (nSPS) is 11.5. The Labute approximate surface area is 116 Å². The van der Waals surface area contributed by atoms with Gasteiger partial charge in [-0.25, -0.2) is 0 Å². The van der Waals surface area contributed by atoms with Crippen molar-refractivity contribution in [3.63, 3.8) is 0 Å². The second kappa shape index (κ2) is 6.91. The second-order valence-electron chi connectivity index (χ2n) is 3.95. The molecular formula is C14H14ClNO3. The highest BCUT2D eigenvalue weighted by atomic mass is 35.5. The van der Waals surface area contributed by atoms with E-state index in [1.54, 1.807) is 26.0 Å². The lowest BCUT2D eigenvalue weighted by molar-refractivity contribution is -0.142. The molecular weight excluding hydrogens is 266 g/mol. The van der Waals surface area contributed by atoms with Gasteiger partial charge in [-0.2, -0.15) is 5.26 Å². The number of carbonyl (C=O) groups is 2. The number of hydrogen-bond donors (Lipinski definition) is 0. The van der Waals surface area contributed by atoms with Gasteiger partial charge in [0.05, 0.1) is 30.0 Å². The van der Waals surface area contributed by atoms with E-state index in [-0.39, 0.29) is 18.8 Å². The van der Waals surface area contributed by atoms with Crippen molar-refractivity contribution in [2.45, 2.75) is 25.6 Å². The Kier molecular flexibility index (Phi) is 5.53. The number of nitrogens with zero attached hydrogens (tertiary/aromatic N) is 1. The Bertz CT molecular complexity index is 532. The molecule has 1 unspecified atom stereocenters. The number of rotatable bonds is 5. The highest BCUT2D eigenvalue weighted by Gasteiger charge is 2.19. The van der Waals surface area contributed by atoms with Crippen molar-refractivity contribution in [3.05, 3.63) is 34.9 Å². The minimum Gasteiger partial charge on any atom is -0.466 e. The quantitative estimate of drug-likeness (QED) is 0.472. The third-order valence-electron chi connectivity index (χ3n) is 2.51. The van der Waals surface area contributed by atoms with Crippen molar-refractivity contribution in [1.82, 2.24) is 0 Å². The Morgan fingerprint density at radius 2 is 2.16 bits per heavy atom. The minimum absolute atomic E-state index is 0.00969. The van der Waals surface area contributed by atoms with E-state index in [2.05, 4.69) is 0 Å². The van der Waals surface area contributed by atoms with Crippen molar-refractivity contribution in [2.24, 2.45) is 0 Å². The number of Topliss-reactive ketones (excluding diaryl/α,β-unsaturated/α-hetero) is 1. The van der Waals surface area contributed by atoms with Crippen molar-refractivity contribution in [1.29, 1.82) is 5.26 Å². The van der Waals surface area contributed by atoms with E-state index in [0.29, 0.717) is 16.7 Å². The van der Waals surface area contributed by atoms with Crippen LogP contribution in [-0.4, -0.2) is 23.7 Å². The van der Waals surface area contributed by atoms with Crippen LogP contribution in [0.4, 0.5) is 0 Å². The molecule has 0 heterocycles. The number of esters is 1. The fraction of sp³-hybridized carbons (Fsp3) is 0.357. The van der Waals surface area contributed by atoms with Gasteiger partial charge in [0, 0.05) is 5.56 Å². The van der Waals surface area contributed by atoms with Gasteiger partial charge < -0.3 is 4.74 Å². The summed E-state index contributed by atoms with van der Waals surface area (Å²) in [6, 6.07) is 6.55. The van der Waals surface area contributed by atoms with Gasteiger partial charge in [-0.15, -0.1) is 11.6 Å². The SMILES string of the molecule is CCOC(=O)Cc1ccc(C#N)cc1C(=O)C(C)Cl. The number of carbonyl (C=O) groups excluding carboxylic acids is 2. The maximum Gasteiger partial charge on any atom is 0.310 e. The molecule has 0 aliphatic carbocycles. The Balaban J connectivity index is 3.13. The van der Waals surface area contributed by atoms with E-state index in [1.807, 2.05) is 6.07 Å². The molecule has 0 amide bonds. The van der Waals surface area contributed by atoms with Gasteiger partial charge in [0.15, 0.2) is 5.78 Å². The zero-order valence-corrected chi connectivity index (χ0v) is 11.5. The molecule has 0 radical (unpaired) electrons. The third kappa shape index (κ3) is 4.08. The van der Waals surface area contributed by atoms with Crippen LogP contribution in [0.15, 0.2) is 18.2 Å². The second-order valence-corrected chi connectivity index (χ2v) is 4.60. The first-order valence-electron chi connectivity index (χ1n) is 5.86. The van der Waals surface area contributed by atoms with Crippen LogP contribution >= 0.6 is 11.6 Å². The van der Waals surface area contributed by atoms with Crippen molar-refractivity contribution in [3.8, 4) is 6.07 Å². The number of halogens is 1. The molecule has 0 saturated heterocycles. The Morgan fingerprint density at radius 1 is 1.47 bits per heavy atom. The predicted molar refractivity (Wildman–Crippen MR) is 71.1 cm³/mol. The first-order valence-corrected chi connectivity index (χ1v) is 6.30. The zero-order valence-electron chi connectivity index (χ0n) is 10.8. The largest absolute Gasteiger partial charge is 0.466 e. The lowest BCUT2D eigenvalue weighted by Crippen LogP contribution is -2.16. The van der Waals surface area contributed by atoms with Crippen LogP contribution in [0.1, 0.15) is 35.3 Å². The number of hydrogen-bond acceptors (Lipinski definition) is 4. The Morgan fingerprint density at radius 3 is 2.68 bits per heavy atom. The van der Waals surface area contributed by atoms with Crippen LogP contribution in [0.3, 0.4) is 0 Å². The number of nitriles is 1. The van der Waals surface area contributed by atoms with Gasteiger partial charge in [0.25, 0.3) is 0 Å². The number of benzene rings is 1. The summed E-state index contributed by atoms with van der Waals surface area (Å²) in [5.41, 5.74) is 1.18. The molecule has 1 aromatic carbocycles. The summed E-state index contributed by atoms with van der Waals surface area (Å²) in [7, 11) is 0. The van der Waals surface area contributed by atoms with Crippen molar-refractivity contribution < 1.29 is 14.3 Å². The highest BCUT2D eigenvalue weighted by Crippen LogP contribution is 2.17. The van der Waals surface area contributed by atoms with E-state index < -0.39 is 11.3 Å². The Hall–Kier alpha value is -1.86. The molecule has 0 aliphatic rings. The third-order valence-corrected chi connectivity index (χ3v) is 2.70. The summed E-state index contributed by atoms with van der Waals surface area (Å²) < 4.78 is 4.85. The zero-order chi connectivity index (χ0) is 14.4. The molecule has 0 N–H and O–H groups in total. The van der Waals surface area contributed by atoms with E-state index >= 15 is 0 Å². The van der Waals surface area contributed by atoms with E-state index in [9.17, 15) is 9.59 Å². The van der Waals surface area contributed by atoms with Crippen LogP contribution in [0.2, 0.25) is 0 Å². The summed E-state index contributed by atoms with van der Waals surface area (Å²) in [5, 5.41) is 8.14. The number of alkyl halides is 1. The van der Waals surface area contributed by atoms with E-state index in [1.165, 1.54) is 6.07 Å². The van der Waals surface area contributed by atoms with Gasteiger partial charge in [-0.05, 0) is 31.5 Å². The average molecular weight is 280 g/mol. The standard InChI is InChI=1S/C14H14ClNO3/c1-3-19-13(17)7-11-5-4-10(8-16)6-12(11)14(18)9(2)15/h4-6,9H,3,7H2,1-2H3. The van der Waals surface area contributed by atoms with Crippen molar-refractivity contribution >= 4 is 23.4 Å². The maximum absolute atomic E-state index is 12.0. The summed E-state index contributed by atoms with van der Waals surface area (Å²) in [6.45, 7) is 3.55. The molecule has 0 bridgehead atoms. The molecule has 0 spiro atoms. The maximum atomic E-state index is 12.0. The fourth-order valence-electron chi connectivity index (χ4n) is 1.61. The van der Waals surface area contributed by atoms with Gasteiger partial charge in [0.1, 0.15) is 0 Å². The molecule has 1 atom stereocenters.